The predicted octanol–water partition coefficient (Wildman–Crippen LogP) is 1.09. The first-order valence-corrected chi connectivity index (χ1v) is 9.58. The van der Waals surface area contributed by atoms with Gasteiger partial charge in [-0.3, -0.25) is 4.79 Å². The van der Waals surface area contributed by atoms with E-state index >= 15 is 0 Å². The maximum absolute atomic E-state index is 12.8. The number of methoxy groups -OCH3 is 1. The van der Waals surface area contributed by atoms with Crippen molar-refractivity contribution in [2.24, 2.45) is 5.92 Å². The normalized spacial score (nSPS) is 25.6. The molecule has 2 fully saturated rings. The van der Waals surface area contributed by atoms with Gasteiger partial charge in [0.25, 0.3) is 0 Å². The maximum atomic E-state index is 12.8. The van der Waals surface area contributed by atoms with Crippen LogP contribution in [0.2, 0.25) is 0 Å². The van der Waals surface area contributed by atoms with Crippen molar-refractivity contribution in [1.82, 2.24) is 20.9 Å². The second-order valence-corrected chi connectivity index (χ2v) is 7.47. The first kappa shape index (κ1) is 20.0. The highest BCUT2D eigenvalue weighted by molar-refractivity contribution is 5.87. The summed E-state index contributed by atoms with van der Waals surface area (Å²) in [5.74, 6) is -0.0208. The van der Waals surface area contributed by atoms with Gasteiger partial charge < -0.3 is 25.6 Å². The quantitative estimate of drug-likeness (QED) is 0.609. The fraction of sp³-hybridized carbons (Fsp3) is 0.889. The van der Waals surface area contributed by atoms with Crippen molar-refractivity contribution in [1.29, 1.82) is 0 Å². The Morgan fingerprint density at radius 3 is 2.56 bits per heavy atom. The number of hydrogen-bond acceptors (Lipinski definition) is 4. The lowest BCUT2D eigenvalue weighted by atomic mass is 9.96. The van der Waals surface area contributed by atoms with E-state index < -0.39 is 6.04 Å². The molecule has 3 N–H and O–H groups in total. The SMILES string of the molecule is CCC(C)[C@H](NC(=O)N1CCCC1)C(=O)NCC1(COC)CCCN1. The number of carbonyl (C=O) groups is 2. The minimum absolute atomic E-state index is 0.0847. The molecule has 2 rings (SSSR count). The second kappa shape index (κ2) is 9.38. The molecule has 2 heterocycles. The van der Waals surface area contributed by atoms with Crippen LogP contribution in [-0.4, -0.2) is 68.3 Å². The molecule has 2 aliphatic rings. The zero-order valence-electron chi connectivity index (χ0n) is 15.9. The van der Waals surface area contributed by atoms with Gasteiger partial charge >= 0.3 is 6.03 Å². The van der Waals surface area contributed by atoms with Crippen LogP contribution in [0.25, 0.3) is 0 Å². The minimum atomic E-state index is -0.501. The zero-order valence-corrected chi connectivity index (χ0v) is 15.9. The van der Waals surface area contributed by atoms with Crippen molar-refractivity contribution in [3.63, 3.8) is 0 Å². The van der Waals surface area contributed by atoms with Gasteiger partial charge in [-0.1, -0.05) is 20.3 Å². The molecule has 0 aromatic carbocycles. The van der Waals surface area contributed by atoms with Crippen molar-refractivity contribution in [3.8, 4) is 0 Å². The first-order valence-electron chi connectivity index (χ1n) is 9.58. The molecule has 0 aromatic rings. The van der Waals surface area contributed by atoms with E-state index in [0.717, 1.165) is 51.7 Å². The lowest BCUT2D eigenvalue weighted by Gasteiger charge is -2.31. The highest BCUT2D eigenvalue weighted by Crippen LogP contribution is 2.19. The van der Waals surface area contributed by atoms with Crippen LogP contribution in [0.5, 0.6) is 0 Å². The molecule has 3 amide bonds. The topological polar surface area (TPSA) is 82.7 Å². The minimum Gasteiger partial charge on any atom is -0.383 e. The number of rotatable bonds is 8. The van der Waals surface area contributed by atoms with Gasteiger partial charge in [0.15, 0.2) is 0 Å². The highest BCUT2D eigenvalue weighted by Gasteiger charge is 2.35. The molecule has 3 atom stereocenters. The summed E-state index contributed by atoms with van der Waals surface area (Å²) in [6, 6.07) is -0.623. The Bertz CT molecular complexity index is 446. The number of likely N-dealkylation sites (tertiary alicyclic amines) is 1. The number of nitrogens with zero attached hydrogens (tertiary/aromatic N) is 1. The first-order chi connectivity index (χ1) is 12.0. The summed E-state index contributed by atoms with van der Waals surface area (Å²) in [6.45, 7) is 7.64. The van der Waals surface area contributed by atoms with Crippen LogP contribution in [0.15, 0.2) is 0 Å². The second-order valence-electron chi connectivity index (χ2n) is 7.47. The van der Waals surface area contributed by atoms with Gasteiger partial charge in [-0.15, -0.1) is 0 Å². The van der Waals surface area contributed by atoms with Crippen LogP contribution < -0.4 is 16.0 Å². The Morgan fingerprint density at radius 2 is 2.00 bits per heavy atom. The molecule has 2 unspecified atom stereocenters. The van der Waals surface area contributed by atoms with E-state index in [2.05, 4.69) is 16.0 Å². The van der Waals surface area contributed by atoms with Crippen LogP contribution in [0.3, 0.4) is 0 Å². The molecule has 0 radical (unpaired) electrons. The summed E-state index contributed by atoms with van der Waals surface area (Å²) in [7, 11) is 1.68. The van der Waals surface area contributed by atoms with Crippen molar-refractivity contribution in [2.45, 2.75) is 57.5 Å². The highest BCUT2D eigenvalue weighted by atomic mass is 16.5. The van der Waals surface area contributed by atoms with Gasteiger partial charge in [0.2, 0.25) is 5.91 Å². The largest absolute Gasteiger partial charge is 0.383 e. The summed E-state index contributed by atoms with van der Waals surface area (Å²) in [5.41, 5.74) is -0.191. The number of ether oxygens (including phenoxy) is 1. The number of urea groups is 1. The fourth-order valence-corrected chi connectivity index (χ4v) is 3.68. The van der Waals surface area contributed by atoms with Gasteiger partial charge in [-0.05, 0) is 38.1 Å². The summed E-state index contributed by atoms with van der Waals surface area (Å²) in [6.07, 6.45) is 4.98. The van der Waals surface area contributed by atoms with Gasteiger partial charge in [0.05, 0.1) is 12.1 Å². The third-order valence-electron chi connectivity index (χ3n) is 5.52. The Morgan fingerprint density at radius 1 is 1.28 bits per heavy atom. The lowest BCUT2D eigenvalue weighted by molar-refractivity contribution is -0.124. The Kier molecular flexibility index (Phi) is 7.50. The monoisotopic (exact) mass is 354 g/mol. The molecule has 7 nitrogen and oxygen atoms in total. The van der Waals surface area contributed by atoms with Gasteiger partial charge in [-0.25, -0.2) is 4.79 Å². The lowest BCUT2D eigenvalue weighted by Crippen LogP contribution is -2.58. The Balaban J connectivity index is 1.94. The molecule has 25 heavy (non-hydrogen) atoms. The average molecular weight is 354 g/mol. The van der Waals surface area contributed by atoms with Gasteiger partial charge in [-0.2, -0.15) is 0 Å². The third-order valence-corrected chi connectivity index (χ3v) is 5.52. The summed E-state index contributed by atoms with van der Waals surface area (Å²) >= 11 is 0. The molecule has 0 aliphatic carbocycles. The predicted molar refractivity (Wildman–Crippen MR) is 97.4 cm³/mol. The zero-order chi connectivity index (χ0) is 18.3. The maximum Gasteiger partial charge on any atom is 0.318 e. The third kappa shape index (κ3) is 5.31. The van der Waals surface area contributed by atoms with E-state index in [1.54, 1.807) is 12.0 Å². The summed E-state index contributed by atoms with van der Waals surface area (Å²) in [5, 5.41) is 9.46. The van der Waals surface area contributed by atoms with E-state index in [1.165, 1.54) is 0 Å². The number of amides is 3. The molecule has 144 valence electrons. The van der Waals surface area contributed by atoms with E-state index in [4.69, 9.17) is 4.74 Å². The Hall–Kier alpha value is -1.34. The number of hydrogen-bond donors (Lipinski definition) is 3. The van der Waals surface area contributed by atoms with Gasteiger partial charge in [0.1, 0.15) is 6.04 Å². The molecule has 7 heteroatoms. The average Bonchev–Trinajstić information content (AvgIpc) is 3.29. The number of carbonyl (C=O) groups excluding carboxylic acids is 2. The molecule has 0 bridgehead atoms. The molecule has 2 saturated heterocycles. The van der Waals surface area contributed by atoms with Crippen molar-refractivity contribution < 1.29 is 14.3 Å². The van der Waals surface area contributed by atoms with E-state index in [1.807, 2.05) is 13.8 Å². The fourth-order valence-electron chi connectivity index (χ4n) is 3.68. The van der Waals surface area contributed by atoms with Crippen molar-refractivity contribution in [3.05, 3.63) is 0 Å². The molecule has 0 spiro atoms. The standard InChI is InChI=1S/C18H34N4O3/c1-4-14(2)15(21-17(24)22-10-5-6-11-22)16(23)19-12-18(13-25-3)8-7-9-20-18/h14-15,20H,4-13H2,1-3H3,(H,19,23)(H,21,24)/t14?,15-,18?/m0/s1. The smallest absolute Gasteiger partial charge is 0.318 e. The van der Waals surface area contributed by atoms with Crippen molar-refractivity contribution in [2.75, 3.05) is 39.9 Å². The summed E-state index contributed by atoms with van der Waals surface area (Å²) in [4.78, 5) is 27.0. The Labute approximate surface area is 151 Å². The molecule has 2 aliphatic heterocycles. The van der Waals surface area contributed by atoms with Crippen LogP contribution in [0.1, 0.15) is 46.0 Å². The van der Waals surface area contributed by atoms with Crippen molar-refractivity contribution >= 4 is 11.9 Å². The molecule has 0 aromatic heterocycles. The van der Waals surface area contributed by atoms with Crippen LogP contribution in [-0.2, 0) is 9.53 Å². The molecular formula is C18H34N4O3. The van der Waals surface area contributed by atoms with E-state index in [-0.39, 0.29) is 23.4 Å². The molecule has 0 saturated carbocycles. The van der Waals surface area contributed by atoms with Crippen LogP contribution in [0.4, 0.5) is 4.79 Å². The van der Waals surface area contributed by atoms with E-state index in [9.17, 15) is 9.59 Å². The van der Waals surface area contributed by atoms with Gasteiger partial charge in [0, 0.05) is 26.7 Å². The molecular weight excluding hydrogens is 320 g/mol. The number of nitrogens with one attached hydrogen (secondary N) is 3. The van der Waals surface area contributed by atoms with E-state index in [0.29, 0.717) is 13.2 Å². The van der Waals surface area contributed by atoms with Crippen LogP contribution in [0, 0.1) is 5.92 Å². The summed E-state index contributed by atoms with van der Waals surface area (Å²) < 4.78 is 5.33. The van der Waals surface area contributed by atoms with Crippen LogP contribution >= 0.6 is 0 Å².